The van der Waals surface area contributed by atoms with E-state index in [1.807, 2.05) is 11.3 Å². The van der Waals surface area contributed by atoms with E-state index in [1.165, 1.54) is 24.1 Å². The molecule has 80 valence electrons. The molecule has 0 amide bonds. The summed E-state index contributed by atoms with van der Waals surface area (Å²) in [6.45, 7) is 3.94. The molecule has 1 aromatic heterocycles. The lowest BCUT2D eigenvalue weighted by Gasteiger charge is -2.10. The van der Waals surface area contributed by atoms with Crippen molar-refractivity contribution in [1.82, 2.24) is 5.32 Å². The summed E-state index contributed by atoms with van der Waals surface area (Å²) < 4.78 is 0. The summed E-state index contributed by atoms with van der Waals surface area (Å²) in [5.41, 5.74) is 5.50. The molecule has 1 atom stereocenters. The van der Waals surface area contributed by atoms with Gasteiger partial charge in [-0.2, -0.15) is 0 Å². The van der Waals surface area contributed by atoms with Gasteiger partial charge in [0.1, 0.15) is 0 Å². The molecule has 0 radical (unpaired) electrons. The molecule has 0 bridgehead atoms. The first-order chi connectivity index (χ1) is 6.83. The molecule has 0 spiro atoms. The van der Waals surface area contributed by atoms with Crippen LogP contribution in [-0.2, 0) is 6.42 Å². The van der Waals surface area contributed by atoms with E-state index in [1.54, 1.807) is 0 Å². The number of hydrogen-bond donors (Lipinski definition) is 2. The quantitative estimate of drug-likeness (QED) is 0.679. The van der Waals surface area contributed by atoms with Crippen LogP contribution >= 0.6 is 11.3 Å². The van der Waals surface area contributed by atoms with Gasteiger partial charge in [-0.1, -0.05) is 6.07 Å². The van der Waals surface area contributed by atoms with Crippen LogP contribution in [0.4, 0.5) is 0 Å². The molecule has 0 saturated heterocycles. The Bertz CT molecular complexity index is 221. The Morgan fingerprint density at radius 3 is 3.00 bits per heavy atom. The minimum absolute atomic E-state index is 0.455. The minimum atomic E-state index is 0.455. The first-order valence-corrected chi connectivity index (χ1v) is 6.16. The van der Waals surface area contributed by atoms with Gasteiger partial charge in [0.15, 0.2) is 0 Å². The number of nitrogens with two attached hydrogens (primary N) is 1. The van der Waals surface area contributed by atoms with E-state index in [4.69, 9.17) is 5.73 Å². The highest BCUT2D eigenvalue weighted by molar-refractivity contribution is 7.09. The summed E-state index contributed by atoms with van der Waals surface area (Å²) in [6, 6.07) is 4.78. The van der Waals surface area contributed by atoms with Gasteiger partial charge in [-0.05, 0) is 44.2 Å². The summed E-state index contributed by atoms with van der Waals surface area (Å²) in [6.07, 6.45) is 3.73. The van der Waals surface area contributed by atoms with Crippen molar-refractivity contribution in [3.63, 3.8) is 0 Å². The first kappa shape index (κ1) is 11.7. The van der Waals surface area contributed by atoms with Crippen LogP contribution in [-0.4, -0.2) is 19.1 Å². The molecule has 1 heterocycles. The number of nitrogens with one attached hydrogen (secondary N) is 1. The highest BCUT2D eigenvalue weighted by Gasteiger charge is 1.97. The molecule has 1 rings (SSSR count). The van der Waals surface area contributed by atoms with E-state index in [0.717, 1.165) is 13.1 Å². The van der Waals surface area contributed by atoms with E-state index in [0.29, 0.717) is 6.04 Å². The Morgan fingerprint density at radius 1 is 1.50 bits per heavy atom. The molecule has 3 heteroatoms. The van der Waals surface area contributed by atoms with Crippen molar-refractivity contribution in [3.8, 4) is 0 Å². The molecule has 0 saturated carbocycles. The number of rotatable bonds is 7. The average Bonchev–Trinajstić information content (AvgIpc) is 2.69. The van der Waals surface area contributed by atoms with E-state index in [2.05, 4.69) is 29.8 Å². The Labute approximate surface area is 90.5 Å². The Morgan fingerprint density at radius 2 is 2.36 bits per heavy atom. The van der Waals surface area contributed by atoms with E-state index < -0.39 is 0 Å². The van der Waals surface area contributed by atoms with Gasteiger partial charge in [-0.15, -0.1) is 11.3 Å². The third kappa shape index (κ3) is 4.74. The van der Waals surface area contributed by atoms with Gasteiger partial charge in [0.05, 0.1) is 0 Å². The maximum Gasteiger partial charge on any atom is 0.0161 e. The zero-order chi connectivity index (χ0) is 10.2. The maximum absolute atomic E-state index is 5.50. The van der Waals surface area contributed by atoms with Crippen LogP contribution in [0, 0.1) is 0 Å². The largest absolute Gasteiger partial charge is 0.329 e. The summed E-state index contributed by atoms with van der Waals surface area (Å²) in [5, 5.41) is 5.53. The highest BCUT2D eigenvalue weighted by Crippen LogP contribution is 2.11. The van der Waals surface area contributed by atoms with E-state index in [-0.39, 0.29) is 0 Å². The van der Waals surface area contributed by atoms with Crippen LogP contribution in [0.25, 0.3) is 0 Å². The monoisotopic (exact) mass is 212 g/mol. The average molecular weight is 212 g/mol. The van der Waals surface area contributed by atoms with Crippen molar-refractivity contribution in [3.05, 3.63) is 22.4 Å². The van der Waals surface area contributed by atoms with Crippen LogP contribution in [0.3, 0.4) is 0 Å². The molecule has 0 aliphatic heterocycles. The third-order valence-corrected chi connectivity index (χ3v) is 3.21. The summed E-state index contributed by atoms with van der Waals surface area (Å²) >= 11 is 1.85. The van der Waals surface area contributed by atoms with E-state index in [9.17, 15) is 0 Å². The van der Waals surface area contributed by atoms with Gasteiger partial charge < -0.3 is 11.1 Å². The standard InChI is InChI=1S/C11H20N2S/c1-10(9-12)13-7-3-2-5-11-6-4-8-14-11/h4,6,8,10,13H,2-3,5,7,9,12H2,1H3. The zero-order valence-corrected chi connectivity index (χ0v) is 9.65. The van der Waals surface area contributed by atoms with Gasteiger partial charge >= 0.3 is 0 Å². The molecule has 1 unspecified atom stereocenters. The molecule has 0 aliphatic carbocycles. The van der Waals surface area contributed by atoms with Gasteiger partial charge in [0, 0.05) is 17.5 Å². The third-order valence-electron chi connectivity index (χ3n) is 2.28. The lowest BCUT2D eigenvalue weighted by molar-refractivity contribution is 0.534. The summed E-state index contributed by atoms with van der Waals surface area (Å²) in [4.78, 5) is 1.50. The van der Waals surface area contributed by atoms with Crippen LogP contribution < -0.4 is 11.1 Å². The lowest BCUT2D eigenvalue weighted by Crippen LogP contribution is -2.33. The van der Waals surface area contributed by atoms with E-state index >= 15 is 0 Å². The van der Waals surface area contributed by atoms with Crippen molar-refractivity contribution in [2.75, 3.05) is 13.1 Å². The lowest BCUT2D eigenvalue weighted by atomic mass is 10.2. The van der Waals surface area contributed by atoms with Crippen LogP contribution in [0.2, 0.25) is 0 Å². The van der Waals surface area contributed by atoms with Gasteiger partial charge in [0.25, 0.3) is 0 Å². The predicted octanol–water partition coefficient (Wildman–Crippen LogP) is 2.01. The molecule has 0 fully saturated rings. The molecule has 2 nitrogen and oxygen atoms in total. The molecule has 3 N–H and O–H groups in total. The smallest absolute Gasteiger partial charge is 0.0161 e. The maximum atomic E-state index is 5.50. The fourth-order valence-electron chi connectivity index (χ4n) is 1.31. The van der Waals surface area contributed by atoms with Crippen molar-refractivity contribution < 1.29 is 0 Å². The Hall–Kier alpha value is -0.380. The van der Waals surface area contributed by atoms with Gasteiger partial charge in [0.2, 0.25) is 0 Å². The number of hydrogen-bond acceptors (Lipinski definition) is 3. The SMILES string of the molecule is CC(CN)NCCCCc1cccs1. The molecule has 14 heavy (non-hydrogen) atoms. The molecular weight excluding hydrogens is 192 g/mol. The Kier molecular flexibility index (Phi) is 5.83. The topological polar surface area (TPSA) is 38.0 Å². The fourth-order valence-corrected chi connectivity index (χ4v) is 2.06. The molecular formula is C11H20N2S. The van der Waals surface area contributed by atoms with Crippen molar-refractivity contribution in [2.24, 2.45) is 5.73 Å². The second-order valence-corrected chi connectivity index (χ2v) is 4.66. The Balaban J connectivity index is 1.95. The molecule has 0 aromatic carbocycles. The number of aryl methyl sites for hydroxylation is 1. The van der Waals surface area contributed by atoms with Crippen LogP contribution in [0.15, 0.2) is 17.5 Å². The second kappa shape index (κ2) is 6.98. The van der Waals surface area contributed by atoms with Gasteiger partial charge in [-0.3, -0.25) is 0 Å². The number of thiophene rings is 1. The first-order valence-electron chi connectivity index (χ1n) is 5.28. The summed E-state index contributed by atoms with van der Waals surface area (Å²) in [7, 11) is 0. The van der Waals surface area contributed by atoms with Crippen molar-refractivity contribution in [2.45, 2.75) is 32.2 Å². The highest BCUT2D eigenvalue weighted by atomic mass is 32.1. The minimum Gasteiger partial charge on any atom is -0.329 e. The fraction of sp³-hybridized carbons (Fsp3) is 0.636. The van der Waals surface area contributed by atoms with Crippen molar-refractivity contribution in [1.29, 1.82) is 0 Å². The number of unbranched alkanes of at least 4 members (excludes halogenated alkanes) is 1. The summed E-state index contributed by atoms with van der Waals surface area (Å²) in [5.74, 6) is 0. The van der Waals surface area contributed by atoms with Crippen LogP contribution in [0.1, 0.15) is 24.6 Å². The molecule has 0 aliphatic rings. The second-order valence-electron chi connectivity index (χ2n) is 3.63. The molecule has 1 aromatic rings. The zero-order valence-electron chi connectivity index (χ0n) is 8.83. The van der Waals surface area contributed by atoms with Crippen molar-refractivity contribution >= 4 is 11.3 Å². The normalized spacial score (nSPS) is 13.0. The van der Waals surface area contributed by atoms with Gasteiger partial charge in [-0.25, -0.2) is 0 Å². The predicted molar refractivity (Wildman–Crippen MR) is 63.8 cm³/mol. The van der Waals surface area contributed by atoms with Crippen LogP contribution in [0.5, 0.6) is 0 Å².